The number of nitrogens with zero attached hydrogens (tertiary/aromatic N) is 1. The van der Waals surface area contributed by atoms with Crippen molar-refractivity contribution < 1.29 is 0 Å². The molecule has 0 saturated carbocycles. The largest absolute Gasteiger partial charge is 0.183 e. The highest BCUT2D eigenvalue weighted by atomic mass is 14.2. The molecule has 0 spiro atoms. The molecule has 0 unspecified atom stereocenters. The van der Waals surface area contributed by atoms with Crippen LogP contribution in [-0.2, 0) is 0 Å². The average molecular weight is 497 g/mol. The lowest BCUT2D eigenvalue weighted by Crippen LogP contribution is -1.57. The highest BCUT2D eigenvalue weighted by Gasteiger charge is 1.61. The van der Waals surface area contributed by atoms with Crippen molar-refractivity contribution in [1.29, 1.82) is 5.26 Å². The van der Waals surface area contributed by atoms with Gasteiger partial charge in [0.25, 0.3) is 0 Å². The van der Waals surface area contributed by atoms with Crippen molar-refractivity contribution in [3.05, 3.63) is 0 Å². The molecule has 0 saturated heterocycles. The van der Waals surface area contributed by atoms with E-state index >= 15 is 0 Å². The van der Waals surface area contributed by atoms with Crippen molar-refractivity contribution in [2.75, 3.05) is 0 Å². The monoisotopic (exact) mass is 497 g/mol. The second-order valence-electron chi connectivity index (χ2n) is 4.99. The molecular weight excluding hydrogens is 494 g/mol. The molecule has 0 fully saturated rings. The van der Waals surface area contributed by atoms with Gasteiger partial charge in [0, 0.05) is 172 Å². The molecule has 0 amide bonds. The molecule has 0 aliphatic rings. The zero-order valence-electron chi connectivity index (χ0n) is 20.9. The lowest BCUT2D eigenvalue weighted by molar-refractivity contribution is 1.55. The molecule has 0 radical (unpaired) electrons. The van der Waals surface area contributed by atoms with Crippen molar-refractivity contribution >= 4 is 0 Å². The summed E-state index contributed by atoms with van der Waals surface area (Å²) in [5, 5.41) is 8.17. The molecule has 0 aromatic rings. The van der Waals surface area contributed by atoms with Crippen LogP contribution in [0.4, 0.5) is 0 Å². The van der Waals surface area contributed by atoms with Gasteiger partial charge >= 0.3 is 0 Å². The quantitative estimate of drug-likeness (QED) is 0.450. The summed E-state index contributed by atoms with van der Waals surface area (Å²) in [5.41, 5.74) is 0. The average Bonchev–Trinajstić information content (AvgIpc) is 2.98. The fourth-order valence-electron chi connectivity index (χ4n) is 1.18. The number of rotatable bonds is 0. The van der Waals surface area contributed by atoms with E-state index in [0.717, 1.165) is 0 Å². The summed E-state index contributed by atoms with van der Waals surface area (Å²) in [6.07, 6.45) is 0. The third kappa shape index (κ3) is 31.1. The van der Waals surface area contributed by atoms with Crippen LogP contribution in [0.5, 0.6) is 0 Å². The van der Waals surface area contributed by atoms with Gasteiger partial charge in [-0.25, -0.2) is 0 Å². The maximum Gasteiger partial charge on any atom is 0.153 e. The lowest BCUT2D eigenvalue weighted by atomic mass is 10.4. The Morgan fingerprint density at radius 3 is 0.439 bits per heavy atom. The number of nitriles is 1. The molecule has 0 aromatic heterocycles. The van der Waals surface area contributed by atoms with Gasteiger partial charge in [0.15, 0.2) is 6.07 Å². The van der Waals surface area contributed by atoms with Crippen LogP contribution in [0.25, 0.3) is 0 Å². The summed E-state index contributed by atoms with van der Waals surface area (Å²) in [6.45, 7) is 1.69. The van der Waals surface area contributed by atoms with Gasteiger partial charge in [-0.3, -0.25) is 0 Å². The van der Waals surface area contributed by atoms with E-state index in [1.807, 2.05) is 0 Å². The minimum absolute atomic E-state index is 1.63. The molecule has 1 nitrogen and oxygen atoms in total. The van der Waals surface area contributed by atoms with E-state index in [2.05, 4.69) is 225 Å². The SMILES string of the molecule is CC#CC#CC#CC#CC#CC#CC#CC#CC#CC#CC#CC#CC#CC#CC#CC#CC#CC#CC#CC#N. The first kappa shape index (κ1) is 32.1. The Kier molecular flexibility index (Phi) is 24.4. The minimum Gasteiger partial charge on any atom is -0.183 e. The second kappa shape index (κ2) is 31.1. The molecule has 0 aliphatic heterocycles. The van der Waals surface area contributed by atoms with Crippen LogP contribution in [0.3, 0.4) is 0 Å². The maximum atomic E-state index is 8.17. The molecule has 0 N–H and O–H groups in total. The zero-order chi connectivity index (χ0) is 29.6. The van der Waals surface area contributed by atoms with Crippen LogP contribution < -0.4 is 0 Å². The summed E-state index contributed by atoms with van der Waals surface area (Å²) in [5.74, 6) is 94.0. The van der Waals surface area contributed by atoms with E-state index in [-0.39, 0.29) is 0 Å². The molecule has 0 aliphatic carbocycles. The predicted octanol–water partition coefficient (Wildman–Crippen LogP) is 0.594. The molecule has 0 heterocycles. The molecule has 0 bridgehead atoms. The summed E-state index contributed by atoms with van der Waals surface area (Å²) >= 11 is 0. The van der Waals surface area contributed by atoms with Crippen LogP contribution in [0, 0.1) is 236 Å². The Hall–Kier alpha value is -8.87. The van der Waals surface area contributed by atoms with E-state index in [1.54, 1.807) is 13.0 Å². The van der Waals surface area contributed by atoms with Crippen molar-refractivity contribution in [1.82, 2.24) is 0 Å². The molecular formula is C40H3N. The molecule has 0 rings (SSSR count). The van der Waals surface area contributed by atoms with Crippen molar-refractivity contribution in [2.45, 2.75) is 6.92 Å². The normalized spacial score (nSPS) is 3.90. The Labute approximate surface area is 242 Å². The highest BCUT2D eigenvalue weighted by Crippen LogP contribution is 1.61. The van der Waals surface area contributed by atoms with Gasteiger partial charge in [-0.2, -0.15) is 5.26 Å². The summed E-state index contributed by atoms with van der Waals surface area (Å²) in [4.78, 5) is 0. The van der Waals surface area contributed by atoms with Gasteiger partial charge in [-0.1, -0.05) is 5.92 Å². The number of hydrogen-bond donors (Lipinski definition) is 0. The first-order chi connectivity index (χ1) is 20.4. The topological polar surface area (TPSA) is 23.8 Å². The summed E-state index contributed by atoms with van der Waals surface area (Å²) < 4.78 is 0. The van der Waals surface area contributed by atoms with E-state index in [9.17, 15) is 0 Å². The van der Waals surface area contributed by atoms with Crippen LogP contribution in [0.2, 0.25) is 0 Å². The van der Waals surface area contributed by atoms with Crippen LogP contribution >= 0.6 is 0 Å². The fourth-order valence-corrected chi connectivity index (χ4v) is 1.18. The van der Waals surface area contributed by atoms with Crippen LogP contribution in [-0.4, -0.2) is 0 Å². The first-order valence-electron chi connectivity index (χ1n) is 10.2. The van der Waals surface area contributed by atoms with E-state index in [4.69, 9.17) is 5.26 Å². The predicted molar refractivity (Wildman–Crippen MR) is 159 cm³/mol. The van der Waals surface area contributed by atoms with Crippen molar-refractivity contribution in [3.63, 3.8) is 0 Å². The van der Waals surface area contributed by atoms with Gasteiger partial charge < -0.3 is 0 Å². The summed E-state index contributed by atoms with van der Waals surface area (Å²) in [7, 11) is 0. The molecule has 41 heavy (non-hydrogen) atoms. The third-order valence-corrected chi connectivity index (χ3v) is 2.43. The zero-order valence-corrected chi connectivity index (χ0v) is 20.9. The number of hydrogen-bond acceptors (Lipinski definition) is 1. The molecule has 0 aromatic carbocycles. The molecule has 168 valence electrons. The van der Waals surface area contributed by atoms with Gasteiger partial charge in [-0.05, 0) is 54.3 Å². The Morgan fingerprint density at radius 2 is 0.317 bits per heavy atom. The molecule has 0 atom stereocenters. The Bertz CT molecular complexity index is 2370. The first-order valence-corrected chi connectivity index (χ1v) is 10.2. The van der Waals surface area contributed by atoms with Crippen molar-refractivity contribution in [2.24, 2.45) is 0 Å². The van der Waals surface area contributed by atoms with E-state index in [0.29, 0.717) is 0 Å². The smallest absolute Gasteiger partial charge is 0.153 e. The van der Waals surface area contributed by atoms with E-state index < -0.39 is 0 Å². The molecule has 1 heteroatoms. The standard InChI is InChI=1S/C40H3N/c1-2-3-4-5-6-7-8-9-10-11-12-13-14-15-16-17-18-19-20-21-22-23-24-25-26-27-28-29-30-31-32-33-34-35-36-37-38-39-40-41/h1H3. The van der Waals surface area contributed by atoms with Crippen LogP contribution in [0.1, 0.15) is 6.92 Å². The second-order valence-corrected chi connectivity index (χ2v) is 4.99. The van der Waals surface area contributed by atoms with E-state index in [1.165, 1.54) is 0 Å². The minimum atomic E-state index is 1.63. The third-order valence-electron chi connectivity index (χ3n) is 2.43. The Balaban J connectivity index is 4.53. The summed E-state index contributed by atoms with van der Waals surface area (Å²) in [6, 6.07) is 1.63. The van der Waals surface area contributed by atoms with Crippen molar-refractivity contribution in [3.8, 4) is 231 Å². The highest BCUT2D eigenvalue weighted by molar-refractivity contribution is 5.49. The van der Waals surface area contributed by atoms with Crippen LogP contribution in [0.15, 0.2) is 0 Å². The fraction of sp³-hybridized carbons (Fsp3) is 0.0250. The maximum absolute atomic E-state index is 8.17. The lowest BCUT2D eigenvalue weighted by Gasteiger charge is -1.57. The van der Waals surface area contributed by atoms with Gasteiger partial charge in [-0.15, -0.1) is 0 Å². The Morgan fingerprint density at radius 1 is 0.195 bits per heavy atom. The van der Waals surface area contributed by atoms with Gasteiger partial charge in [0.2, 0.25) is 0 Å². The van der Waals surface area contributed by atoms with Gasteiger partial charge in [0.05, 0.1) is 0 Å². The van der Waals surface area contributed by atoms with Gasteiger partial charge in [0.1, 0.15) is 0 Å².